The van der Waals surface area contributed by atoms with Gasteiger partial charge in [0.25, 0.3) is 5.91 Å². The van der Waals surface area contributed by atoms with Crippen LogP contribution in [0.3, 0.4) is 0 Å². The number of hydrogen-bond acceptors (Lipinski definition) is 5. The fourth-order valence-corrected chi connectivity index (χ4v) is 4.96. The molecule has 8 heteroatoms. The summed E-state index contributed by atoms with van der Waals surface area (Å²) in [5, 5.41) is 21.9. The highest BCUT2D eigenvalue weighted by Gasteiger charge is 2.46. The highest BCUT2D eigenvalue weighted by Crippen LogP contribution is 2.38. The maximum absolute atomic E-state index is 13.0. The summed E-state index contributed by atoms with van der Waals surface area (Å²) in [5.74, 6) is -0.394. The Kier molecular flexibility index (Phi) is 7.01. The van der Waals surface area contributed by atoms with Crippen LogP contribution in [-0.2, 0) is 4.79 Å². The molecule has 0 saturated carbocycles. The highest BCUT2D eigenvalue weighted by atomic mass is 35.5. The molecule has 0 aliphatic carbocycles. The molecule has 0 bridgehead atoms. The number of para-hydroxylation sites is 1. The molecule has 1 saturated heterocycles. The molecule has 2 N–H and O–H groups in total. The quantitative estimate of drug-likeness (QED) is 0.627. The van der Waals surface area contributed by atoms with Gasteiger partial charge in [0.05, 0.1) is 17.1 Å². The SMILES string of the molecule is CC1(C)CC(NC(=O)c2ccc(Oc3ccccc3C#N)c(Cl)c2)CC(C)(C)N1CC(=O)O. The van der Waals surface area contributed by atoms with Crippen LogP contribution >= 0.6 is 11.6 Å². The number of rotatable bonds is 6. The number of nitrogens with one attached hydrogen (secondary N) is 1. The zero-order valence-corrected chi connectivity index (χ0v) is 19.9. The molecule has 0 atom stereocenters. The Morgan fingerprint density at radius 2 is 1.79 bits per heavy atom. The van der Waals surface area contributed by atoms with E-state index in [9.17, 15) is 20.0 Å². The second-order valence-electron chi connectivity index (χ2n) is 9.54. The lowest BCUT2D eigenvalue weighted by molar-refractivity contribution is -0.145. The van der Waals surface area contributed by atoms with Gasteiger partial charge in [-0.15, -0.1) is 0 Å². The van der Waals surface area contributed by atoms with E-state index in [-0.39, 0.29) is 23.5 Å². The number of carboxylic acid groups (broad SMARTS) is 1. The van der Waals surface area contributed by atoms with Gasteiger partial charge in [-0.05, 0) is 70.9 Å². The molecule has 1 amide bonds. The number of piperidine rings is 1. The van der Waals surface area contributed by atoms with Gasteiger partial charge in [0.15, 0.2) is 0 Å². The Balaban J connectivity index is 1.73. The Morgan fingerprint density at radius 3 is 2.36 bits per heavy atom. The van der Waals surface area contributed by atoms with E-state index in [0.29, 0.717) is 35.5 Å². The number of carbonyl (C=O) groups excluding carboxylic acids is 1. The van der Waals surface area contributed by atoms with E-state index in [1.807, 2.05) is 32.6 Å². The average molecular weight is 470 g/mol. The number of ether oxygens (including phenoxy) is 1. The summed E-state index contributed by atoms with van der Waals surface area (Å²) >= 11 is 6.37. The molecule has 2 aromatic rings. The number of likely N-dealkylation sites (tertiary alicyclic amines) is 1. The molecule has 2 aromatic carbocycles. The minimum Gasteiger partial charge on any atom is -0.480 e. The number of nitrogens with zero attached hydrogens (tertiary/aromatic N) is 2. The van der Waals surface area contributed by atoms with Gasteiger partial charge in [-0.25, -0.2) is 0 Å². The van der Waals surface area contributed by atoms with Crippen molar-refractivity contribution in [2.45, 2.75) is 57.7 Å². The third kappa shape index (κ3) is 5.65. The van der Waals surface area contributed by atoms with E-state index in [1.165, 1.54) is 6.07 Å². The van der Waals surface area contributed by atoms with Gasteiger partial charge in [0.1, 0.15) is 17.6 Å². The number of nitriles is 1. The second-order valence-corrected chi connectivity index (χ2v) is 9.95. The van der Waals surface area contributed by atoms with Crippen LogP contribution in [-0.4, -0.2) is 45.5 Å². The van der Waals surface area contributed by atoms with E-state index in [1.54, 1.807) is 36.4 Å². The molecule has 0 radical (unpaired) electrons. The number of benzene rings is 2. The first kappa shape index (κ1) is 24.6. The minimum absolute atomic E-state index is 0.0489. The van der Waals surface area contributed by atoms with Crippen LogP contribution in [0.1, 0.15) is 56.5 Å². The summed E-state index contributed by atoms with van der Waals surface area (Å²) in [6.45, 7) is 7.94. The Labute approximate surface area is 198 Å². The summed E-state index contributed by atoms with van der Waals surface area (Å²) < 4.78 is 5.77. The van der Waals surface area contributed by atoms with Crippen LogP contribution in [0.25, 0.3) is 0 Å². The van der Waals surface area contributed by atoms with Crippen molar-refractivity contribution in [1.82, 2.24) is 10.2 Å². The van der Waals surface area contributed by atoms with Gasteiger partial charge >= 0.3 is 5.97 Å². The van der Waals surface area contributed by atoms with Crippen molar-refractivity contribution in [3.05, 3.63) is 58.6 Å². The van der Waals surface area contributed by atoms with Crippen LogP contribution < -0.4 is 10.1 Å². The van der Waals surface area contributed by atoms with Crippen molar-refractivity contribution in [3.8, 4) is 17.6 Å². The summed E-state index contributed by atoms with van der Waals surface area (Å²) in [6.07, 6.45) is 1.24. The molecule has 174 valence electrons. The molecule has 1 heterocycles. The fourth-order valence-electron chi connectivity index (χ4n) is 4.74. The molecule has 1 aliphatic rings. The first-order valence-electron chi connectivity index (χ1n) is 10.7. The van der Waals surface area contributed by atoms with Crippen molar-refractivity contribution in [2.75, 3.05) is 6.54 Å². The first-order chi connectivity index (χ1) is 15.4. The molecular weight excluding hydrogens is 442 g/mol. The van der Waals surface area contributed by atoms with E-state index >= 15 is 0 Å². The average Bonchev–Trinajstić information content (AvgIpc) is 2.72. The molecule has 1 aliphatic heterocycles. The monoisotopic (exact) mass is 469 g/mol. The van der Waals surface area contributed by atoms with E-state index < -0.39 is 17.0 Å². The van der Waals surface area contributed by atoms with Crippen molar-refractivity contribution in [3.63, 3.8) is 0 Å². The summed E-state index contributed by atoms with van der Waals surface area (Å²) in [4.78, 5) is 26.3. The number of carboxylic acids is 1. The largest absolute Gasteiger partial charge is 0.480 e. The molecule has 33 heavy (non-hydrogen) atoms. The van der Waals surface area contributed by atoms with Gasteiger partial charge in [-0.2, -0.15) is 5.26 Å². The van der Waals surface area contributed by atoms with Gasteiger partial charge in [0.2, 0.25) is 0 Å². The molecule has 1 fully saturated rings. The molecular formula is C25H28ClN3O4. The summed E-state index contributed by atoms with van der Waals surface area (Å²) in [5.41, 5.74) is -0.0253. The minimum atomic E-state index is -0.868. The van der Waals surface area contributed by atoms with E-state index in [4.69, 9.17) is 16.3 Å². The number of carbonyl (C=O) groups is 2. The third-order valence-corrected chi connectivity index (χ3v) is 6.30. The Hall–Kier alpha value is -3.08. The molecule has 0 unspecified atom stereocenters. The normalized spacial score (nSPS) is 17.7. The predicted molar refractivity (Wildman–Crippen MR) is 126 cm³/mol. The van der Waals surface area contributed by atoms with Gasteiger partial charge in [0, 0.05) is 22.7 Å². The molecule has 3 rings (SSSR count). The number of amides is 1. The van der Waals surface area contributed by atoms with Crippen molar-refractivity contribution < 1.29 is 19.4 Å². The lowest BCUT2D eigenvalue weighted by Gasteiger charge is -2.54. The van der Waals surface area contributed by atoms with Crippen molar-refractivity contribution >= 4 is 23.5 Å². The summed E-state index contributed by atoms with van der Waals surface area (Å²) in [7, 11) is 0. The smallest absolute Gasteiger partial charge is 0.317 e. The fraction of sp³-hybridized carbons (Fsp3) is 0.400. The third-order valence-electron chi connectivity index (χ3n) is 6.00. The van der Waals surface area contributed by atoms with E-state index in [2.05, 4.69) is 11.4 Å². The van der Waals surface area contributed by atoms with Crippen LogP contribution in [0, 0.1) is 11.3 Å². The lowest BCUT2D eigenvalue weighted by atomic mass is 9.77. The van der Waals surface area contributed by atoms with E-state index in [0.717, 1.165) is 0 Å². The predicted octanol–water partition coefficient (Wildman–Crippen LogP) is 4.84. The topological polar surface area (TPSA) is 103 Å². The van der Waals surface area contributed by atoms with Crippen LogP contribution in [0.15, 0.2) is 42.5 Å². The maximum Gasteiger partial charge on any atom is 0.317 e. The second kappa shape index (κ2) is 9.42. The zero-order chi connectivity index (χ0) is 24.4. The van der Waals surface area contributed by atoms with Crippen LogP contribution in [0.4, 0.5) is 0 Å². The summed E-state index contributed by atoms with van der Waals surface area (Å²) in [6, 6.07) is 13.5. The van der Waals surface area contributed by atoms with Crippen LogP contribution in [0.5, 0.6) is 11.5 Å². The zero-order valence-electron chi connectivity index (χ0n) is 19.2. The van der Waals surface area contributed by atoms with Crippen molar-refractivity contribution in [2.24, 2.45) is 0 Å². The molecule has 7 nitrogen and oxygen atoms in total. The molecule has 0 aromatic heterocycles. The van der Waals surface area contributed by atoms with Crippen molar-refractivity contribution in [1.29, 1.82) is 5.26 Å². The lowest BCUT2D eigenvalue weighted by Crippen LogP contribution is -2.65. The number of halogens is 1. The van der Waals surface area contributed by atoms with Gasteiger partial charge in [-0.1, -0.05) is 23.7 Å². The molecule has 0 spiro atoms. The van der Waals surface area contributed by atoms with Crippen LogP contribution in [0.2, 0.25) is 5.02 Å². The Morgan fingerprint density at radius 1 is 1.15 bits per heavy atom. The number of hydrogen-bond donors (Lipinski definition) is 2. The maximum atomic E-state index is 13.0. The standard InChI is InChI=1S/C25H28ClN3O4/c1-24(2)12-18(13-25(3,4)29(24)15-22(30)31)28-23(32)16-9-10-21(19(26)11-16)33-20-8-6-5-7-17(20)14-27/h5-11,18H,12-13,15H2,1-4H3,(H,28,32)(H,30,31). The van der Waals surface area contributed by atoms with Gasteiger partial charge in [-0.3, -0.25) is 14.5 Å². The van der Waals surface area contributed by atoms with Gasteiger partial charge < -0.3 is 15.2 Å². The first-order valence-corrected chi connectivity index (χ1v) is 11.1. The number of aliphatic carboxylic acids is 1. The Bertz CT molecular complexity index is 1090. The highest BCUT2D eigenvalue weighted by molar-refractivity contribution is 6.32.